The van der Waals surface area contributed by atoms with Crippen molar-refractivity contribution in [2.45, 2.75) is 25.8 Å². The molecule has 0 saturated heterocycles. The highest BCUT2D eigenvalue weighted by molar-refractivity contribution is 5.86. The summed E-state index contributed by atoms with van der Waals surface area (Å²) in [5.74, 6) is -0.883. The number of amides is 1. The summed E-state index contributed by atoms with van der Waals surface area (Å²) in [7, 11) is 3.11. The Morgan fingerprint density at radius 2 is 1.82 bits per heavy atom. The van der Waals surface area contributed by atoms with Crippen LogP contribution in [0.2, 0.25) is 0 Å². The van der Waals surface area contributed by atoms with Crippen LogP contribution in [0.15, 0.2) is 18.2 Å². The Morgan fingerprint density at radius 3 is 2.32 bits per heavy atom. The molecule has 22 heavy (non-hydrogen) atoms. The van der Waals surface area contributed by atoms with Gasteiger partial charge >= 0.3 is 5.97 Å². The van der Waals surface area contributed by atoms with Crippen LogP contribution in [0, 0.1) is 11.8 Å². The Balaban J connectivity index is 2.04. The zero-order valence-electron chi connectivity index (χ0n) is 13.0. The van der Waals surface area contributed by atoms with Crippen molar-refractivity contribution in [2.75, 3.05) is 14.2 Å². The smallest absolute Gasteiger partial charge is 0.307 e. The molecule has 0 aliphatic heterocycles. The maximum Gasteiger partial charge on any atom is 0.307 e. The minimum Gasteiger partial charge on any atom is -0.493 e. The van der Waals surface area contributed by atoms with E-state index >= 15 is 0 Å². The maximum atomic E-state index is 12.2. The molecule has 1 amide bonds. The van der Waals surface area contributed by atoms with Crippen LogP contribution in [0.25, 0.3) is 0 Å². The van der Waals surface area contributed by atoms with Gasteiger partial charge in [0, 0.05) is 0 Å². The molecule has 0 bridgehead atoms. The largest absolute Gasteiger partial charge is 0.493 e. The molecule has 1 fully saturated rings. The zero-order valence-corrected chi connectivity index (χ0v) is 13.0. The third-order valence-corrected chi connectivity index (χ3v) is 4.19. The maximum absolute atomic E-state index is 12.2. The van der Waals surface area contributed by atoms with Gasteiger partial charge in [-0.05, 0) is 37.5 Å². The topological polar surface area (TPSA) is 84.9 Å². The molecule has 2 rings (SSSR count). The molecular formula is C16H21NO5. The summed E-state index contributed by atoms with van der Waals surface area (Å²) in [6.07, 6.45) is 1.19. The standard InChI is InChI=1S/C16H21NO5/c1-9(10-4-7-13(21-2)14(8-10)22-3)17-15(18)11-5-6-12(11)16(19)20/h4,7-9,11-12H,5-6H2,1-3H3,(H,17,18)(H,19,20). The summed E-state index contributed by atoms with van der Waals surface area (Å²) in [4.78, 5) is 23.2. The van der Waals surface area contributed by atoms with Crippen molar-refractivity contribution in [2.24, 2.45) is 11.8 Å². The number of rotatable bonds is 6. The van der Waals surface area contributed by atoms with E-state index in [0.717, 1.165) is 5.56 Å². The molecule has 3 unspecified atom stereocenters. The number of methoxy groups -OCH3 is 2. The van der Waals surface area contributed by atoms with Gasteiger partial charge in [0.1, 0.15) is 0 Å². The number of carbonyl (C=O) groups is 2. The van der Waals surface area contributed by atoms with E-state index in [2.05, 4.69) is 5.32 Å². The molecule has 1 saturated carbocycles. The van der Waals surface area contributed by atoms with Gasteiger partial charge in [-0.3, -0.25) is 9.59 Å². The average molecular weight is 307 g/mol. The van der Waals surface area contributed by atoms with Crippen molar-refractivity contribution >= 4 is 11.9 Å². The van der Waals surface area contributed by atoms with Crippen LogP contribution in [-0.2, 0) is 9.59 Å². The van der Waals surface area contributed by atoms with Gasteiger partial charge in [0.05, 0.1) is 32.1 Å². The monoisotopic (exact) mass is 307 g/mol. The molecule has 3 atom stereocenters. The van der Waals surface area contributed by atoms with Gasteiger partial charge in [-0.15, -0.1) is 0 Å². The Labute approximate surface area is 129 Å². The number of carbonyl (C=O) groups excluding carboxylic acids is 1. The van der Waals surface area contributed by atoms with E-state index in [0.29, 0.717) is 24.3 Å². The number of carboxylic acid groups (broad SMARTS) is 1. The second-order valence-corrected chi connectivity index (χ2v) is 5.47. The van der Waals surface area contributed by atoms with E-state index in [9.17, 15) is 9.59 Å². The van der Waals surface area contributed by atoms with Crippen LogP contribution >= 0.6 is 0 Å². The summed E-state index contributed by atoms with van der Waals surface area (Å²) in [5.41, 5.74) is 0.872. The molecule has 6 nitrogen and oxygen atoms in total. The summed E-state index contributed by atoms with van der Waals surface area (Å²) in [6.45, 7) is 1.85. The molecule has 2 N–H and O–H groups in total. The number of nitrogens with one attached hydrogen (secondary N) is 1. The number of hydrogen-bond acceptors (Lipinski definition) is 4. The number of ether oxygens (including phenoxy) is 2. The average Bonchev–Trinajstić information content (AvgIpc) is 2.44. The van der Waals surface area contributed by atoms with Gasteiger partial charge in [-0.25, -0.2) is 0 Å². The molecule has 1 aliphatic rings. The highest BCUT2D eigenvalue weighted by Crippen LogP contribution is 2.35. The Hall–Kier alpha value is -2.24. The van der Waals surface area contributed by atoms with Gasteiger partial charge < -0.3 is 19.9 Å². The Bertz CT molecular complexity index is 572. The second kappa shape index (κ2) is 6.68. The van der Waals surface area contributed by atoms with E-state index in [1.54, 1.807) is 26.4 Å². The SMILES string of the molecule is COc1ccc(C(C)NC(=O)C2CCC2C(=O)O)cc1OC. The molecule has 1 aromatic rings. The lowest BCUT2D eigenvalue weighted by Crippen LogP contribution is -2.44. The van der Waals surface area contributed by atoms with E-state index in [1.165, 1.54) is 0 Å². The van der Waals surface area contributed by atoms with Gasteiger partial charge in [-0.2, -0.15) is 0 Å². The summed E-state index contributed by atoms with van der Waals surface area (Å²) < 4.78 is 10.4. The van der Waals surface area contributed by atoms with Crippen LogP contribution in [0.3, 0.4) is 0 Å². The molecule has 6 heteroatoms. The normalized spacial score (nSPS) is 21.4. The van der Waals surface area contributed by atoms with E-state index in [1.807, 2.05) is 13.0 Å². The first-order chi connectivity index (χ1) is 10.5. The van der Waals surface area contributed by atoms with Crippen molar-refractivity contribution in [3.8, 4) is 11.5 Å². The van der Waals surface area contributed by atoms with Crippen LogP contribution in [0.1, 0.15) is 31.4 Å². The lowest BCUT2D eigenvalue weighted by molar-refractivity contribution is -0.152. The number of carboxylic acids is 1. The molecule has 120 valence electrons. The van der Waals surface area contributed by atoms with Gasteiger partial charge in [0.2, 0.25) is 5.91 Å². The molecule has 1 aromatic carbocycles. The van der Waals surface area contributed by atoms with Crippen molar-refractivity contribution in [1.82, 2.24) is 5.32 Å². The van der Waals surface area contributed by atoms with Crippen LogP contribution in [0.5, 0.6) is 11.5 Å². The van der Waals surface area contributed by atoms with E-state index < -0.39 is 17.8 Å². The second-order valence-electron chi connectivity index (χ2n) is 5.47. The molecule has 0 spiro atoms. The van der Waals surface area contributed by atoms with Crippen molar-refractivity contribution in [1.29, 1.82) is 0 Å². The number of benzene rings is 1. The van der Waals surface area contributed by atoms with E-state index in [4.69, 9.17) is 14.6 Å². The quantitative estimate of drug-likeness (QED) is 0.839. The predicted octanol–water partition coefficient (Wildman–Crippen LogP) is 1.99. The summed E-state index contributed by atoms with van der Waals surface area (Å²) >= 11 is 0. The predicted molar refractivity (Wildman–Crippen MR) is 80.0 cm³/mol. The highest BCUT2D eigenvalue weighted by Gasteiger charge is 2.41. The summed E-state index contributed by atoms with van der Waals surface area (Å²) in [5, 5.41) is 11.9. The lowest BCUT2D eigenvalue weighted by atomic mass is 9.73. The number of aliphatic carboxylic acids is 1. The first-order valence-electron chi connectivity index (χ1n) is 7.23. The molecule has 0 aromatic heterocycles. The van der Waals surface area contributed by atoms with Gasteiger partial charge in [0.25, 0.3) is 0 Å². The third kappa shape index (κ3) is 3.16. The zero-order chi connectivity index (χ0) is 16.3. The summed E-state index contributed by atoms with van der Waals surface area (Å²) in [6, 6.07) is 5.20. The molecule has 0 radical (unpaired) electrons. The van der Waals surface area contributed by atoms with Crippen molar-refractivity contribution < 1.29 is 24.2 Å². The molecular weight excluding hydrogens is 286 g/mol. The fourth-order valence-electron chi connectivity index (χ4n) is 2.64. The van der Waals surface area contributed by atoms with Crippen molar-refractivity contribution in [3.05, 3.63) is 23.8 Å². The van der Waals surface area contributed by atoms with Gasteiger partial charge in [-0.1, -0.05) is 6.07 Å². The first-order valence-corrected chi connectivity index (χ1v) is 7.23. The lowest BCUT2D eigenvalue weighted by Gasteiger charge is -2.33. The third-order valence-electron chi connectivity index (χ3n) is 4.19. The van der Waals surface area contributed by atoms with Crippen LogP contribution in [0.4, 0.5) is 0 Å². The number of hydrogen-bond donors (Lipinski definition) is 2. The minimum absolute atomic E-state index is 0.207. The van der Waals surface area contributed by atoms with Crippen LogP contribution in [-0.4, -0.2) is 31.2 Å². The van der Waals surface area contributed by atoms with E-state index in [-0.39, 0.29) is 11.9 Å². The molecule has 1 aliphatic carbocycles. The van der Waals surface area contributed by atoms with Crippen molar-refractivity contribution in [3.63, 3.8) is 0 Å². The van der Waals surface area contributed by atoms with Crippen LogP contribution < -0.4 is 14.8 Å². The molecule has 0 heterocycles. The fraction of sp³-hybridized carbons (Fsp3) is 0.500. The fourth-order valence-corrected chi connectivity index (χ4v) is 2.64. The Kier molecular flexibility index (Phi) is 4.90. The minimum atomic E-state index is -0.898. The Morgan fingerprint density at radius 1 is 1.18 bits per heavy atom. The van der Waals surface area contributed by atoms with Gasteiger partial charge in [0.15, 0.2) is 11.5 Å². The highest BCUT2D eigenvalue weighted by atomic mass is 16.5. The first kappa shape index (κ1) is 16.1.